The number of benzene rings is 2. The van der Waals surface area contributed by atoms with Gasteiger partial charge in [-0.15, -0.1) is 0 Å². The van der Waals surface area contributed by atoms with E-state index < -0.39 is 0 Å². The van der Waals surface area contributed by atoms with Crippen molar-refractivity contribution in [1.29, 1.82) is 0 Å². The van der Waals surface area contributed by atoms with Crippen LogP contribution < -0.4 is 0 Å². The van der Waals surface area contributed by atoms with Crippen molar-refractivity contribution in [3.63, 3.8) is 0 Å². The summed E-state index contributed by atoms with van der Waals surface area (Å²) in [4.78, 5) is 0. The number of phenols is 2. The quantitative estimate of drug-likeness (QED) is 0.742. The first-order valence-electron chi connectivity index (χ1n) is 7.50. The molecule has 0 atom stereocenters. The Balaban J connectivity index is 2.42. The van der Waals surface area contributed by atoms with Gasteiger partial charge in [-0.3, -0.25) is 0 Å². The third-order valence-electron chi connectivity index (χ3n) is 3.86. The molecule has 0 aliphatic rings. The number of aryl methyl sites for hydroxylation is 1. The molecular formula is C20H24O2. The average molecular weight is 296 g/mol. The zero-order chi connectivity index (χ0) is 16.5. The first-order chi connectivity index (χ1) is 10.2. The number of rotatable bonds is 2. The fraction of sp³-hybridized carbons (Fsp3) is 0.300. The van der Waals surface area contributed by atoms with E-state index in [9.17, 15) is 10.2 Å². The van der Waals surface area contributed by atoms with Gasteiger partial charge in [0.05, 0.1) is 0 Å². The summed E-state index contributed by atoms with van der Waals surface area (Å²) in [5, 5.41) is 19.7. The molecule has 2 nitrogen and oxygen atoms in total. The zero-order valence-corrected chi connectivity index (χ0v) is 13.9. The number of allylic oxidation sites excluding steroid dienone is 1. The molecule has 2 aromatic rings. The Morgan fingerprint density at radius 1 is 0.955 bits per heavy atom. The second-order valence-corrected chi connectivity index (χ2v) is 6.86. The van der Waals surface area contributed by atoms with Crippen molar-refractivity contribution >= 4 is 11.6 Å². The van der Waals surface area contributed by atoms with Crippen molar-refractivity contribution in [3.8, 4) is 11.5 Å². The Bertz CT molecular complexity index is 719. The van der Waals surface area contributed by atoms with Gasteiger partial charge in [0.15, 0.2) is 0 Å². The minimum absolute atomic E-state index is 0.102. The Labute approximate surface area is 132 Å². The summed E-state index contributed by atoms with van der Waals surface area (Å²) in [6, 6.07) is 11.3. The van der Waals surface area contributed by atoms with Crippen LogP contribution in [0.1, 0.15) is 49.9 Å². The van der Waals surface area contributed by atoms with Gasteiger partial charge in [-0.1, -0.05) is 39.0 Å². The van der Waals surface area contributed by atoms with E-state index in [4.69, 9.17) is 0 Å². The SMILES string of the molecule is CC(=Cc1ccc(O)c(C)c1)c1ccc(O)c(C(C)(C)C)c1. The van der Waals surface area contributed by atoms with Gasteiger partial charge in [0, 0.05) is 0 Å². The van der Waals surface area contributed by atoms with Crippen molar-refractivity contribution in [2.24, 2.45) is 0 Å². The molecule has 22 heavy (non-hydrogen) atoms. The van der Waals surface area contributed by atoms with Crippen molar-refractivity contribution < 1.29 is 10.2 Å². The minimum atomic E-state index is -0.102. The number of hydrogen-bond donors (Lipinski definition) is 2. The number of aromatic hydroxyl groups is 2. The normalized spacial score (nSPS) is 12.5. The molecule has 0 spiro atoms. The summed E-state index contributed by atoms with van der Waals surface area (Å²) >= 11 is 0. The maximum atomic E-state index is 10.1. The molecule has 0 amide bonds. The van der Waals surface area contributed by atoms with Crippen LogP contribution in [0.4, 0.5) is 0 Å². The summed E-state index contributed by atoms with van der Waals surface area (Å²) in [5.41, 5.74) is 4.97. The van der Waals surface area contributed by atoms with Gasteiger partial charge in [-0.05, 0) is 71.4 Å². The molecule has 2 heteroatoms. The number of phenolic OH excluding ortho intramolecular Hbond substituents is 2. The van der Waals surface area contributed by atoms with Crippen LogP contribution in [0.15, 0.2) is 36.4 Å². The van der Waals surface area contributed by atoms with Gasteiger partial charge in [0.1, 0.15) is 11.5 Å². The van der Waals surface area contributed by atoms with Crippen LogP contribution in [0.25, 0.3) is 11.6 Å². The van der Waals surface area contributed by atoms with Crippen LogP contribution in [0.5, 0.6) is 11.5 Å². The Kier molecular flexibility index (Phi) is 4.32. The molecule has 0 bridgehead atoms. The Hall–Kier alpha value is -2.22. The maximum absolute atomic E-state index is 10.1. The van der Waals surface area contributed by atoms with Crippen LogP contribution in [-0.2, 0) is 5.41 Å². The fourth-order valence-corrected chi connectivity index (χ4v) is 2.48. The lowest BCUT2D eigenvalue weighted by molar-refractivity contribution is 0.446. The van der Waals surface area contributed by atoms with E-state index in [1.165, 1.54) is 0 Å². The monoisotopic (exact) mass is 296 g/mol. The maximum Gasteiger partial charge on any atom is 0.119 e. The summed E-state index contributed by atoms with van der Waals surface area (Å²) < 4.78 is 0. The molecular weight excluding hydrogens is 272 g/mol. The van der Waals surface area contributed by atoms with E-state index in [0.717, 1.165) is 27.8 Å². The van der Waals surface area contributed by atoms with E-state index in [1.807, 2.05) is 25.1 Å². The highest BCUT2D eigenvalue weighted by molar-refractivity contribution is 5.81. The van der Waals surface area contributed by atoms with Crippen LogP contribution in [0.3, 0.4) is 0 Å². The highest BCUT2D eigenvalue weighted by Crippen LogP contribution is 2.33. The van der Waals surface area contributed by atoms with E-state index in [2.05, 4.69) is 39.8 Å². The zero-order valence-electron chi connectivity index (χ0n) is 13.9. The standard InChI is InChI=1S/C20H24O2/c1-13(10-15-6-8-18(21)14(2)11-15)16-7-9-19(22)17(12-16)20(3,4)5/h6-12,21-22H,1-5H3. The van der Waals surface area contributed by atoms with Crippen molar-refractivity contribution in [1.82, 2.24) is 0 Å². The lowest BCUT2D eigenvalue weighted by Gasteiger charge is -2.21. The predicted molar refractivity (Wildman–Crippen MR) is 93.2 cm³/mol. The van der Waals surface area contributed by atoms with Gasteiger partial charge < -0.3 is 10.2 Å². The van der Waals surface area contributed by atoms with Gasteiger partial charge in [0.2, 0.25) is 0 Å². The molecule has 0 unspecified atom stereocenters. The van der Waals surface area contributed by atoms with Gasteiger partial charge in [-0.2, -0.15) is 0 Å². The molecule has 0 aliphatic heterocycles. The third-order valence-corrected chi connectivity index (χ3v) is 3.86. The van der Waals surface area contributed by atoms with E-state index in [-0.39, 0.29) is 5.41 Å². The molecule has 0 heterocycles. The van der Waals surface area contributed by atoms with E-state index >= 15 is 0 Å². The molecule has 2 aromatic carbocycles. The van der Waals surface area contributed by atoms with Gasteiger partial charge >= 0.3 is 0 Å². The predicted octanol–water partition coefficient (Wildman–Crippen LogP) is 5.26. The smallest absolute Gasteiger partial charge is 0.119 e. The number of hydrogen-bond acceptors (Lipinski definition) is 2. The molecule has 0 radical (unpaired) electrons. The second kappa shape index (κ2) is 5.88. The molecule has 2 N–H and O–H groups in total. The average Bonchev–Trinajstić information content (AvgIpc) is 2.42. The fourth-order valence-electron chi connectivity index (χ4n) is 2.48. The van der Waals surface area contributed by atoms with Crippen LogP contribution in [0, 0.1) is 6.92 Å². The van der Waals surface area contributed by atoms with Gasteiger partial charge in [0.25, 0.3) is 0 Å². The molecule has 0 fully saturated rings. The summed E-state index contributed by atoms with van der Waals surface area (Å²) in [6.07, 6.45) is 2.09. The highest BCUT2D eigenvalue weighted by Gasteiger charge is 2.18. The molecule has 2 rings (SSSR count). The summed E-state index contributed by atoms with van der Waals surface area (Å²) in [5.74, 6) is 0.652. The first kappa shape index (κ1) is 16.2. The summed E-state index contributed by atoms with van der Waals surface area (Å²) in [7, 11) is 0. The van der Waals surface area contributed by atoms with E-state index in [0.29, 0.717) is 11.5 Å². The van der Waals surface area contributed by atoms with Crippen LogP contribution in [-0.4, -0.2) is 10.2 Å². The molecule has 0 saturated carbocycles. The van der Waals surface area contributed by atoms with Crippen molar-refractivity contribution in [3.05, 3.63) is 58.7 Å². The minimum Gasteiger partial charge on any atom is -0.508 e. The van der Waals surface area contributed by atoms with Crippen molar-refractivity contribution in [2.75, 3.05) is 0 Å². The molecule has 0 saturated heterocycles. The summed E-state index contributed by atoms with van der Waals surface area (Å²) in [6.45, 7) is 10.2. The van der Waals surface area contributed by atoms with Crippen molar-refractivity contribution in [2.45, 2.75) is 40.0 Å². The van der Waals surface area contributed by atoms with Crippen LogP contribution in [0.2, 0.25) is 0 Å². The topological polar surface area (TPSA) is 40.5 Å². The lowest BCUT2D eigenvalue weighted by Crippen LogP contribution is -2.11. The highest BCUT2D eigenvalue weighted by atomic mass is 16.3. The second-order valence-electron chi connectivity index (χ2n) is 6.86. The Morgan fingerprint density at radius 3 is 2.18 bits per heavy atom. The molecule has 116 valence electrons. The lowest BCUT2D eigenvalue weighted by atomic mass is 9.84. The van der Waals surface area contributed by atoms with Gasteiger partial charge in [-0.25, -0.2) is 0 Å². The van der Waals surface area contributed by atoms with Crippen LogP contribution >= 0.6 is 0 Å². The Morgan fingerprint density at radius 2 is 1.59 bits per heavy atom. The largest absolute Gasteiger partial charge is 0.508 e. The van der Waals surface area contributed by atoms with E-state index in [1.54, 1.807) is 12.1 Å². The molecule has 0 aliphatic carbocycles. The third kappa shape index (κ3) is 3.51. The first-order valence-corrected chi connectivity index (χ1v) is 7.50. The molecule has 0 aromatic heterocycles.